The predicted octanol–water partition coefficient (Wildman–Crippen LogP) is 1.13. The van der Waals surface area contributed by atoms with Crippen molar-refractivity contribution in [2.75, 3.05) is 27.4 Å². The lowest BCUT2D eigenvalue weighted by atomic mass is 10.1. The van der Waals surface area contributed by atoms with Crippen LogP contribution in [0, 0.1) is 0 Å². The fourth-order valence-electron chi connectivity index (χ4n) is 2.14. The number of rotatable bonds is 4. The van der Waals surface area contributed by atoms with Crippen molar-refractivity contribution in [1.29, 1.82) is 0 Å². The highest BCUT2D eigenvalue weighted by Gasteiger charge is 2.35. The molecule has 0 saturated carbocycles. The lowest BCUT2D eigenvalue weighted by Crippen LogP contribution is -2.43. The van der Waals surface area contributed by atoms with Gasteiger partial charge in [-0.05, 0) is 20.3 Å². The second kappa shape index (κ2) is 4.94. The van der Waals surface area contributed by atoms with Crippen LogP contribution >= 0.6 is 0 Å². The van der Waals surface area contributed by atoms with Crippen molar-refractivity contribution in [3.05, 3.63) is 0 Å². The van der Waals surface area contributed by atoms with Crippen LogP contribution in [0.4, 0.5) is 0 Å². The molecule has 1 aliphatic rings. The van der Waals surface area contributed by atoms with Gasteiger partial charge in [0.05, 0.1) is 18.8 Å². The molecule has 0 amide bonds. The Balaban J connectivity index is 2.55. The van der Waals surface area contributed by atoms with E-state index in [0.29, 0.717) is 18.2 Å². The van der Waals surface area contributed by atoms with Crippen molar-refractivity contribution in [3.8, 4) is 0 Å². The first-order valence-corrected chi connectivity index (χ1v) is 4.98. The van der Waals surface area contributed by atoms with E-state index in [2.05, 4.69) is 18.7 Å². The van der Waals surface area contributed by atoms with Crippen molar-refractivity contribution in [1.82, 2.24) is 4.90 Å². The highest BCUT2D eigenvalue weighted by Crippen LogP contribution is 2.22. The molecule has 0 radical (unpaired) electrons. The van der Waals surface area contributed by atoms with E-state index in [1.165, 1.54) is 0 Å². The zero-order chi connectivity index (χ0) is 9.84. The monoisotopic (exact) mass is 187 g/mol. The minimum Gasteiger partial charge on any atom is -0.383 e. The van der Waals surface area contributed by atoms with Crippen molar-refractivity contribution in [2.45, 2.75) is 38.5 Å². The van der Waals surface area contributed by atoms with Gasteiger partial charge in [0.1, 0.15) is 0 Å². The predicted molar refractivity (Wildman–Crippen MR) is 52.9 cm³/mol. The van der Waals surface area contributed by atoms with E-state index in [1.54, 1.807) is 14.2 Å². The van der Waals surface area contributed by atoms with Crippen LogP contribution in [0.25, 0.3) is 0 Å². The van der Waals surface area contributed by atoms with Gasteiger partial charge in [0.2, 0.25) is 0 Å². The molecule has 0 aromatic carbocycles. The van der Waals surface area contributed by atoms with Gasteiger partial charge in [-0.1, -0.05) is 0 Å². The second-order valence-electron chi connectivity index (χ2n) is 3.92. The topological polar surface area (TPSA) is 21.7 Å². The molecule has 78 valence electrons. The Morgan fingerprint density at radius 2 is 2.08 bits per heavy atom. The van der Waals surface area contributed by atoms with Gasteiger partial charge in [-0.15, -0.1) is 0 Å². The standard InChI is InChI=1S/C10H21NO2/c1-8(2)11-6-5-10(13-4)9(11)7-12-3/h8-10H,5-7H2,1-4H3/t9-,10+/m1/s1. The summed E-state index contributed by atoms with van der Waals surface area (Å²) in [6, 6.07) is 1.02. The Bertz CT molecular complexity index is 150. The van der Waals surface area contributed by atoms with E-state index in [4.69, 9.17) is 9.47 Å². The second-order valence-corrected chi connectivity index (χ2v) is 3.92. The summed E-state index contributed by atoms with van der Waals surface area (Å²) in [5.41, 5.74) is 0. The maximum absolute atomic E-state index is 5.44. The number of hydrogen-bond donors (Lipinski definition) is 0. The summed E-state index contributed by atoms with van der Waals surface area (Å²) < 4.78 is 10.7. The zero-order valence-electron chi connectivity index (χ0n) is 9.12. The number of ether oxygens (including phenoxy) is 2. The normalized spacial score (nSPS) is 30.2. The minimum absolute atomic E-state index is 0.349. The molecule has 1 fully saturated rings. The SMILES string of the molecule is COC[C@@H]1[C@@H](OC)CCN1C(C)C. The Morgan fingerprint density at radius 3 is 2.54 bits per heavy atom. The van der Waals surface area contributed by atoms with Crippen LogP contribution in [0.2, 0.25) is 0 Å². The molecule has 3 nitrogen and oxygen atoms in total. The molecule has 0 aromatic rings. The van der Waals surface area contributed by atoms with E-state index in [0.717, 1.165) is 19.6 Å². The van der Waals surface area contributed by atoms with Gasteiger partial charge in [-0.25, -0.2) is 0 Å². The average molecular weight is 187 g/mol. The summed E-state index contributed by atoms with van der Waals surface area (Å²) >= 11 is 0. The quantitative estimate of drug-likeness (QED) is 0.658. The van der Waals surface area contributed by atoms with Gasteiger partial charge in [-0.2, -0.15) is 0 Å². The third-order valence-electron chi connectivity index (χ3n) is 2.83. The molecular formula is C10H21NO2. The maximum Gasteiger partial charge on any atom is 0.0761 e. The Morgan fingerprint density at radius 1 is 1.38 bits per heavy atom. The fraction of sp³-hybridized carbons (Fsp3) is 1.00. The van der Waals surface area contributed by atoms with Crippen LogP contribution in [0.5, 0.6) is 0 Å². The Labute approximate surface area is 81.0 Å². The average Bonchev–Trinajstić information content (AvgIpc) is 2.48. The van der Waals surface area contributed by atoms with Crippen LogP contribution in [-0.4, -0.2) is 50.5 Å². The van der Waals surface area contributed by atoms with Crippen molar-refractivity contribution >= 4 is 0 Å². The van der Waals surface area contributed by atoms with Crippen LogP contribution in [0.1, 0.15) is 20.3 Å². The van der Waals surface area contributed by atoms with Gasteiger partial charge < -0.3 is 9.47 Å². The Hall–Kier alpha value is -0.120. The van der Waals surface area contributed by atoms with Crippen molar-refractivity contribution < 1.29 is 9.47 Å². The molecule has 1 rings (SSSR count). The van der Waals surface area contributed by atoms with Gasteiger partial charge in [0, 0.05) is 26.8 Å². The van der Waals surface area contributed by atoms with Crippen LogP contribution in [0.15, 0.2) is 0 Å². The van der Waals surface area contributed by atoms with Gasteiger partial charge in [-0.3, -0.25) is 4.90 Å². The van der Waals surface area contributed by atoms with Gasteiger partial charge in [0.25, 0.3) is 0 Å². The van der Waals surface area contributed by atoms with Crippen LogP contribution in [-0.2, 0) is 9.47 Å². The summed E-state index contributed by atoms with van der Waals surface area (Å²) in [6.45, 7) is 6.35. The first kappa shape index (κ1) is 11.0. The molecule has 0 aromatic heterocycles. The lowest BCUT2D eigenvalue weighted by Gasteiger charge is -2.29. The molecule has 1 aliphatic heterocycles. The molecule has 3 heteroatoms. The summed E-state index contributed by atoms with van der Waals surface area (Å²) in [7, 11) is 3.54. The molecule has 0 N–H and O–H groups in total. The highest BCUT2D eigenvalue weighted by molar-refractivity contribution is 4.89. The van der Waals surface area contributed by atoms with Gasteiger partial charge in [0.15, 0.2) is 0 Å². The number of hydrogen-bond acceptors (Lipinski definition) is 3. The number of methoxy groups -OCH3 is 2. The highest BCUT2D eigenvalue weighted by atomic mass is 16.5. The van der Waals surface area contributed by atoms with E-state index >= 15 is 0 Å². The van der Waals surface area contributed by atoms with Crippen LogP contribution < -0.4 is 0 Å². The summed E-state index contributed by atoms with van der Waals surface area (Å²) in [5, 5.41) is 0. The van der Waals surface area contributed by atoms with E-state index in [1.807, 2.05) is 0 Å². The lowest BCUT2D eigenvalue weighted by molar-refractivity contribution is 0.0158. The summed E-state index contributed by atoms with van der Waals surface area (Å²) in [6.07, 6.45) is 1.48. The van der Waals surface area contributed by atoms with Crippen LogP contribution in [0.3, 0.4) is 0 Å². The molecule has 0 spiro atoms. The van der Waals surface area contributed by atoms with E-state index in [-0.39, 0.29) is 0 Å². The largest absolute Gasteiger partial charge is 0.383 e. The summed E-state index contributed by atoms with van der Waals surface area (Å²) in [5.74, 6) is 0. The van der Waals surface area contributed by atoms with Crippen molar-refractivity contribution in [2.24, 2.45) is 0 Å². The van der Waals surface area contributed by atoms with Crippen molar-refractivity contribution in [3.63, 3.8) is 0 Å². The molecular weight excluding hydrogens is 166 g/mol. The molecule has 0 bridgehead atoms. The fourth-order valence-corrected chi connectivity index (χ4v) is 2.14. The number of nitrogens with zero attached hydrogens (tertiary/aromatic N) is 1. The minimum atomic E-state index is 0.349. The first-order chi connectivity index (χ1) is 6.20. The maximum atomic E-state index is 5.44. The molecule has 1 saturated heterocycles. The first-order valence-electron chi connectivity index (χ1n) is 4.98. The summed E-state index contributed by atoms with van der Waals surface area (Å²) in [4.78, 5) is 2.46. The van der Waals surface area contributed by atoms with E-state index in [9.17, 15) is 0 Å². The zero-order valence-corrected chi connectivity index (χ0v) is 9.12. The van der Waals surface area contributed by atoms with Gasteiger partial charge >= 0.3 is 0 Å². The van der Waals surface area contributed by atoms with E-state index < -0.39 is 0 Å². The molecule has 13 heavy (non-hydrogen) atoms. The number of likely N-dealkylation sites (tertiary alicyclic amines) is 1. The molecule has 2 atom stereocenters. The third kappa shape index (κ3) is 2.42. The molecule has 0 unspecified atom stereocenters. The third-order valence-corrected chi connectivity index (χ3v) is 2.83. The smallest absolute Gasteiger partial charge is 0.0761 e. The molecule has 0 aliphatic carbocycles. The Kier molecular flexibility index (Phi) is 4.16. The molecule has 1 heterocycles.